The third-order valence-electron chi connectivity index (χ3n) is 2.96. The van der Waals surface area contributed by atoms with Crippen LogP contribution >= 0.6 is 0 Å². The summed E-state index contributed by atoms with van der Waals surface area (Å²) >= 11 is 0. The van der Waals surface area contributed by atoms with E-state index in [9.17, 15) is 9.90 Å². The second-order valence-corrected chi connectivity index (χ2v) is 4.24. The quantitative estimate of drug-likeness (QED) is 0.791. The molecule has 1 unspecified atom stereocenters. The molecular formula is C13H16O3. The molecule has 16 heavy (non-hydrogen) atoms. The Morgan fingerprint density at radius 1 is 1.44 bits per heavy atom. The van der Waals surface area contributed by atoms with Crippen molar-refractivity contribution in [3.8, 4) is 0 Å². The van der Waals surface area contributed by atoms with E-state index in [1.54, 1.807) is 0 Å². The van der Waals surface area contributed by atoms with Gasteiger partial charge in [0.05, 0.1) is 19.6 Å². The van der Waals surface area contributed by atoms with Crippen LogP contribution in [-0.2, 0) is 9.53 Å². The van der Waals surface area contributed by atoms with Crippen LogP contribution in [0, 0.1) is 0 Å². The van der Waals surface area contributed by atoms with E-state index < -0.39 is 12.1 Å². The number of ether oxygens (including phenoxy) is 1. The van der Waals surface area contributed by atoms with Crippen molar-refractivity contribution < 1.29 is 14.6 Å². The van der Waals surface area contributed by atoms with E-state index in [0.717, 1.165) is 5.56 Å². The molecule has 0 saturated heterocycles. The number of rotatable bonds is 4. The third kappa shape index (κ3) is 2.61. The molecule has 1 N–H and O–H groups in total. The van der Waals surface area contributed by atoms with Crippen LogP contribution in [0.2, 0.25) is 0 Å². The topological polar surface area (TPSA) is 46.5 Å². The highest BCUT2D eigenvalue weighted by Gasteiger charge is 2.23. The summed E-state index contributed by atoms with van der Waals surface area (Å²) in [5.41, 5.74) is 2.10. The molecule has 2 rings (SSSR count). The van der Waals surface area contributed by atoms with E-state index in [1.807, 2.05) is 24.3 Å². The van der Waals surface area contributed by atoms with Crippen LogP contribution < -0.4 is 0 Å². The van der Waals surface area contributed by atoms with Gasteiger partial charge in [0.25, 0.3) is 0 Å². The molecule has 3 heteroatoms. The largest absolute Gasteiger partial charge is 0.469 e. The third-order valence-corrected chi connectivity index (χ3v) is 2.96. The zero-order valence-corrected chi connectivity index (χ0v) is 9.35. The van der Waals surface area contributed by atoms with Crippen molar-refractivity contribution in [2.75, 3.05) is 7.11 Å². The van der Waals surface area contributed by atoms with Gasteiger partial charge < -0.3 is 9.84 Å². The molecule has 0 heterocycles. The lowest BCUT2D eigenvalue weighted by molar-refractivity contribution is -0.142. The van der Waals surface area contributed by atoms with Crippen LogP contribution in [0.15, 0.2) is 24.3 Å². The van der Waals surface area contributed by atoms with Gasteiger partial charge in [0.2, 0.25) is 0 Å². The summed E-state index contributed by atoms with van der Waals surface area (Å²) in [6.45, 7) is 0. The van der Waals surface area contributed by atoms with Crippen molar-refractivity contribution in [3.05, 3.63) is 35.4 Å². The lowest BCUT2D eigenvalue weighted by Crippen LogP contribution is -2.07. The van der Waals surface area contributed by atoms with Crippen LogP contribution in [0.1, 0.15) is 42.4 Å². The molecular weight excluding hydrogens is 204 g/mol. The number of hydrogen-bond acceptors (Lipinski definition) is 3. The first-order valence-electron chi connectivity index (χ1n) is 5.55. The summed E-state index contributed by atoms with van der Waals surface area (Å²) in [5.74, 6) is 0.325. The van der Waals surface area contributed by atoms with Gasteiger partial charge in [-0.1, -0.05) is 24.3 Å². The molecule has 1 aromatic carbocycles. The summed E-state index contributed by atoms with van der Waals surface area (Å²) < 4.78 is 4.52. The van der Waals surface area contributed by atoms with Gasteiger partial charge in [-0.05, 0) is 29.9 Å². The van der Waals surface area contributed by atoms with Crippen LogP contribution in [0.3, 0.4) is 0 Å². The van der Waals surface area contributed by atoms with Crippen molar-refractivity contribution in [3.63, 3.8) is 0 Å². The van der Waals surface area contributed by atoms with Crippen LogP contribution in [0.25, 0.3) is 0 Å². The van der Waals surface area contributed by atoms with Crippen molar-refractivity contribution in [1.29, 1.82) is 0 Å². The number of aliphatic hydroxyl groups excluding tert-OH is 1. The van der Waals surface area contributed by atoms with Gasteiger partial charge in [0.15, 0.2) is 0 Å². The van der Waals surface area contributed by atoms with Crippen molar-refractivity contribution >= 4 is 5.97 Å². The first kappa shape index (κ1) is 11.1. The number of esters is 1. The average molecular weight is 220 g/mol. The summed E-state index contributed by atoms with van der Waals surface area (Å²) in [5, 5.41) is 9.77. The molecule has 1 aromatic rings. The molecule has 0 aliphatic heterocycles. The molecule has 3 nitrogen and oxygen atoms in total. The van der Waals surface area contributed by atoms with E-state index in [2.05, 4.69) is 4.74 Å². The Morgan fingerprint density at radius 3 is 2.56 bits per heavy atom. The molecule has 1 atom stereocenters. The minimum Gasteiger partial charge on any atom is -0.469 e. The lowest BCUT2D eigenvalue weighted by Gasteiger charge is -2.10. The normalized spacial score (nSPS) is 16.9. The number of hydrogen-bond donors (Lipinski definition) is 1. The maximum absolute atomic E-state index is 11.0. The monoisotopic (exact) mass is 220 g/mol. The maximum Gasteiger partial charge on any atom is 0.308 e. The van der Waals surface area contributed by atoms with Crippen molar-refractivity contribution in [2.45, 2.75) is 31.3 Å². The van der Waals surface area contributed by atoms with Gasteiger partial charge in [0.1, 0.15) is 0 Å². The summed E-state index contributed by atoms with van der Waals surface area (Å²) in [6.07, 6.45) is 1.79. The van der Waals surface area contributed by atoms with Crippen LogP contribution in [0.4, 0.5) is 0 Å². The Hall–Kier alpha value is -1.35. The molecule has 1 saturated carbocycles. The van der Waals surface area contributed by atoms with Crippen molar-refractivity contribution in [2.24, 2.45) is 0 Å². The molecule has 1 aliphatic rings. The Balaban J connectivity index is 1.99. The molecule has 0 spiro atoms. The van der Waals surface area contributed by atoms with Gasteiger partial charge in [-0.15, -0.1) is 0 Å². The maximum atomic E-state index is 11.0. The van der Waals surface area contributed by atoms with Gasteiger partial charge in [0, 0.05) is 0 Å². The van der Waals surface area contributed by atoms with Crippen LogP contribution in [0.5, 0.6) is 0 Å². The predicted molar refractivity (Wildman–Crippen MR) is 60.0 cm³/mol. The SMILES string of the molecule is COC(=O)CC(O)c1ccc(C2CC2)cc1. The fourth-order valence-electron chi connectivity index (χ4n) is 1.77. The lowest BCUT2D eigenvalue weighted by atomic mass is 10.0. The second-order valence-electron chi connectivity index (χ2n) is 4.24. The molecule has 1 aliphatic carbocycles. The van der Waals surface area contributed by atoms with E-state index in [0.29, 0.717) is 5.92 Å². The summed E-state index contributed by atoms with van der Waals surface area (Å²) in [4.78, 5) is 11.0. The Morgan fingerprint density at radius 2 is 2.06 bits per heavy atom. The minimum atomic E-state index is -0.763. The number of carbonyl (C=O) groups excluding carboxylic acids is 1. The standard InChI is InChI=1S/C13H16O3/c1-16-13(15)8-12(14)11-6-4-10(5-7-11)9-2-3-9/h4-7,9,12,14H,2-3,8H2,1H3. The second kappa shape index (κ2) is 4.66. The fraction of sp³-hybridized carbons (Fsp3) is 0.462. The number of benzene rings is 1. The van der Waals surface area contributed by atoms with E-state index in [-0.39, 0.29) is 6.42 Å². The van der Waals surface area contributed by atoms with E-state index in [1.165, 1.54) is 25.5 Å². The first-order chi connectivity index (χ1) is 7.70. The Kier molecular flexibility index (Phi) is 3.25. The number of carbonyl (C=O) groups is 1. The van der Waals surface area contributed by atoms with Crippen LogP contribution in [-0.4, -0.2) is 18.2 Å². The molecule has 0 aromatic heterocycles. The molecule has 1 fully saturated rings. The van der Waals surface area contributed by atoms with Gasteiger partial charge in [-0.25, -0.2) is 0 Å². The minimum absolute atomic E-state index is 0.0132. The first-order valence-corrected chi connectivity index (χ1v) is 5.55. The van der Waals surface area contributed by atoms with E-state index >= 15 is 0 Å². The highest BCUT2D eigenvalue weighted by atomic mass is 16.5. The predicted octanol–water partition coefficient (Wildman–Crippen LogP) is 2.16. The van der Waals surface area contributed by atoms with Crippen molar-refractivity contribution in [1.82, 2.24) is 0 Å². The number of aliphatic hydroxyl groups is 1. The zero-order chi connectivity index (χ0) is 11.5. The molecule has 0 amide bonds. The Bertz CT molecular complexity index is 365. The summed E-state index contributed by atoms with van der Waals surface area (Å²) in [7, 11) is 1.32. The smallest absolute Gasteiger partial charge is 0.308 e. The number of methoxy groups -OCH3 is 1. The highest BCUT2D eigenvalue weighted by Crippen LogP contribution is 2.40. The molecule has 0 bridgehead atoms. The average Bonchev–Trinajstić information content (AvgIpc) is 3.13. The molecule has 86 valence electrons. The summed E-state index contributed by atoms with van der Waals surface area (Å²) in [6, 6.07) is 7.85. The van der Waals surface area contributed by atoms with Gasteiger partial charge in [-0.3, -0.25) is 4.79 Å². The molecule has 0 radical (unpaired) electrons. The Labute approximate surface area is 95.0 Å². The van der Waals surface area contributed by atoms with Gasteiger partial charge in [-0.2, -0.15) is 0 Å². The fourth-order valence-corrected chi connectivity index (χ4v) is 1.77. The van der Waals surface area contributed by atoms with Gasteiger partial charge >= 0.3 is 5.97 Å². The van der Waals surface area contributed by atoms with E-state index in [4.69, 9.17) is 0 Å². The highest BCUT2D eigenvalue weighted by molar-refractivity contribution is 5.70. The zero-order valence-electron chi connectivity index (χ0n) is 9.35.